The molecule has 23 heavy (non-hydrogen) atoms. The minimum Gasteiger partial charge on any atom is -0.263 e. The molecule has 0 saturated carbocycles. The lowest BCUT2D eigenvalue weighted by Crippen LogP contribution is -2.00. The van der Waals surface area contributed by atoms with Gasteiger partial charge in [-0.25, -0.2) is 0 Å². The van der Waals surface area contributed by atoms with Crippen LogP contribution in [0.2, 0.25) is 0 Å². The predicted octanol–water partition coefficient (Wildman–Crippen LogP) is 3.48. The first-order valence-electron chi connectivity index (χ1n) is 6.99. The van der Waals surface area contributed by atoms with Gasteiger partial charge in [-0.2, -0.15) is 4.80 Å². The summed E-state index contributed by atoms with van der Waals surface area (Å²) in [6, 6.07) is 18.3. The summed E-state index contributed by atoms with van der Waals surface area (Å²) in [5.74, 6) is -0.791. The van der Waals surface area contributed by atoms with E-state index in [0.29, 0.717) is 5.69 Å². The van der Waals surface area contributed by atoms with Gasteiger partial charge in [0.2, 0.25) is 0 Å². The molecular formula is C17H10N4O2. The van der Waals surface area contributed by atoms with Gasteiger partial charge in [-0.15, -0.1) is 15.1 Å². The van der Waals surface area contributed by atoms with Crippen molar-refractivity contribution in [2.45, 2.75) is 0 Å². The molecule has 0 atom stereocenters. The molecular weight excluding hydrogens is 292 g/mol. The summed E-state index contributed by atoms with van der Waals surface area (Å²) in [6.45, 7) is 0. The van der Waals surface area contributed by atoms with Gasteiger partial charge >= 0.3 is 5.91 Å². The largest absolute Gasteiger partial charge is 0.316 e. The van der Waals surface area contributed by atoms with E-state index in [2.05, 4.69) is 15.4 Å². The predicted molar refractivity (Wildman–Crippen MR) is 86.5 cm³/mol. The van der Waals surface area contributed by atoms with Gasteiger partial charge in [-0.3, -0.25) is 4.79 Å². The maximum Gasteiger partial charge on any atom is 0.316 e. The molecule has 0 N–H and O–H groups in total. The molecule has 4 rings (SSSR count). The quantitative estimate of drug-likeness (QED) is 0.531. The number of nitroso groups, excluding NO2 is 1. The van der Waals surface area contributed by atoms with Gasteiger partial charge in [-0.1, -0.05) is 30.3 Å². The van der Waals surface area contributed by atoms with Crippen molar-refractivity contribution in [2.24, 2.45) is 5.18 Å². The van der Waals surface area contributed by atoms with Crippen LogP contribution in [0.5, 0.6) is 0 Å². The molecule has 1 aromatic heterocycles. The Morgan fingerprint density at radius 1 is 0.913 bits per heavy atom. The topological polar surface area (TPSA) is 77.2 Å². The van der Waals surface area contributed by atoms with E-state index in [4.69, 9.17) is 0 Å². The van der Waals surface area contributed by atoms with Crippen LogP contribution < -0.4 is 0 Å². The fraction of sp³-hybridized carbons (Fsp3) is 0. The standard InChI is InChI=1S/C17H10N4O2/c22-17(20-23)12-5-8-13(9-6-12)21-18-15-10-7-11-3-1-2-4-14(11)16(15)19-21/h1-10H. The summed E-state index contributed by atoms with van der Waals surface area (Å²) >= 11 is 0. The van der Waals surface area contributed by atoms with Gasteiger partial charge in [0, 0.05) is 16.1 Å². The van der Waals surface area contributed by atoms with Crippen LogP contribution in [0.25, 0.3) is 27.5 Å². The molecule has 110 valence electrons. The van der Waals surface area contributed by atoms with Crippen molar-refractivity contribution in [3.05, 3.63) is 71.1 Å². The van der Waals surface area contributed by atoms with Crippen LogP contribution in [0, 0.1) is 4.91 Å². The molecule has 3 aromatic carbocycles. The average molecular weight is 302 g/mol. The van der Waals surface area contributed by atoms with Crippen LogP contribution in [0.1, 0.15) is 10.4 Å². The smallest absolute Gasteiger partial charge is 0.263 e. The fourth-order valence-corrected chi connectivity index (χ4v) is 2.55. The van der Waals surface area contributed by atoms with E-state index >= 15 is 0 Å². The Kier molecular flexibility index (Phi) is 2.94. The first-order chi connectivity index (χ1) is 11.3. The first-order valence-corrected chi connectivity index (χ1v) is 6.99. The minimum absolute atomic E-state index is 0.242. The van der Waals surface area contributed by atoms with Crippen molar-refractivity contribution in [2.75, 3.05) is 0 Å². The minimum atomic E-state index is -0.791. The van der Waals surface area contributed by atoms with Crippen LogP contribution in [0.3, 0.4) is 0 Å². The second-order valence-corrected chi connectivity index (χ2v) is 5.09. The van der Waals surface area contributed by atoms with Crippen molar-refractivity contribution in [1.29, 1.82) is 0 Å². The highest BCUT2D eigenvalue weighted by Gasteiger charge is 2.09. The molecule has 1 heterocycles. The van der Waals surface area contributed by atoms with Crippen molar-refractivity contribution < 1.29 is 4.79 Å². The zero-order chi connectivity index (χ0) is 15.8. The molecule has 6 nitrogen and oxygen atoms in total. The summed E-state index contributed by atoms with van der Waals surface area (Å²) in [5, 5.41) is 13.5. The number of rotatable bonds is 2. The maximum atomic E-state index is 11.2. The Morgan fingerprint density at radius 3 is 2.48 bits per heavy atom. The Hall–Kier alpha value is -3.41. The molecule has 0 radical (unpaired) electrons. The zero-order valence-corrected chi connectivity index (χ0v) is 11.9. The molecule has 4 aromatic rings. The molecule has 6 heteroatoms. The zero-order valence-electron chi connectivity index (χ0n) is 11.9. The lowest BCUT2D eigenvalue weighted by Gasteiger charge is -1.99. The number of fused-ring (bicyclic) bond motifs is 3. The van der Waals surface area contributed by atoms with Gasteiger partial charge < -0.3 is 0 Å². The molecule has 0 aliphatic heterocycles. The van der Waals surface area contributed by atoms with Crippen LogP contribution in [-0.4, -0.2) is 20.9 Å². The Labute approximate surface area is 130 Å². The molecule has 0 aliphatic carbocycles. The highest BCUT2D eigenvalue weighted by molar-refractivity contribution is 6.03. The van der Waals surface area contributed by atoms with Crippen LogP contribution >= 0.6 is 0 Å². The van der Waals surface area contributed by atoms with E-state index in [1.54, 1.807) is 12.1 Å². The highest BCUT2D eigenvalue weighted by Crippen LogP contribution is 2.23. The van der Waals surface area contributed by atoms with E-state index in [1.807, 2.05) is 36.4 Å². The van der Waals surface area contributed by atoms with E-state index in [9.17, 15) is 9.70 Å². The molecule has 0 fully saturated rings. The van der Waals surface area contributed by atoms with E-state index < -0.39 is 5.91 Å². The third kappa shape index (κ3) is 2.17. The lowest BCUT2D eigenvalue weighted by molar-refractivity contribution is 0.100. The summed E-state index contributed by atoms with van der Waals surface area (Å²) in [7, 11) is 0. The number of nitrogens with zero attached hydrogens (tertiary/aromatic N) is 4. The van der Waals surface area contributed by atoms with Gasteiger partial charge in [0.1, 0.15) is 11.0 Å². The summed E-state index contributed by atoms with van der Waals surface area (Å²) < 4.78 is 0. The third-order valence-electron chi connectivity index (χ3n) is 3.70. The van der Waals surface area contributed by atoms with Crippen LogP contribution in [0.4, 0.5) is 0 Å². The highest BCUT2D eigenvalue weighted by atomic mass is 16.3. The number of amides is 1. The number of benzene rings is 3. The first kappa shape index (κ1) is 13.3. The van der Waals surface area contributed by atoms with Gasteiger partial charge in [-0.05, 0) is 35.7 Å². The summed E-state index contributed by atoms with van der Waals surface area (Å²) in [5.41, 5.74) is 2.55. The molecule has 0 unspecified atom stereocenters. The van der Waals surface area contributed by atoms with Crippen molar-refractivity contribution in [3.63, 3.8) is 0 Å². The van der Waals surface area contributed by atoms with Crippen molar-refractivity contribution in [3.8, 4) is 5.69 Å². The number of hydrogen-bond acceptors (Lipinski definition) is 4. The van der Waals surface area contributed by atoms with Gasteiger partial charge in [0.15, 0.2) is 0 Å². The second-order valence-electron chi connectivity index (χ2n) is 5.09. The molecule has 0 bridgehead atoms. The molecule has 0 spiro atoms. The van der Waals surface area contributed by atoms with E-state index in [-0.39, 0.29) is 5.56 Å². The second kappa shape index (κ2) is 5.10. The van der Waals surface area contributed by atoms with Crippen LogP contribution in [-0.2, 0) is 0 Å². The number of aromatic nitrogens is 3. The summed E-state index contributed by atoms with van der Waals surface area (Å²) in [6.07, 6.45) is 0. The van der Waals surface area contributed by atoms with Crippen LogP contribution in [0.15, 0.2) is 65.8 Å². The Morgan fingerprint density at radius 2 is 1.70 bits per heavy atom. The number of hydrogen-bond donors (Lipinski definition) is 0. The third-order valence-corrected chi connectivity index (χ3v) is 3.70. The maximum absolute atomic E-state index is 11.2. The van der Waals surface area contributed by atoms with Gasteiger partial charge in [0.05, 0.1) is 5.69 Å². The SMILES string of the molecule is O=NC(=O)c1ccc(-n2nc3ccc4ccccc4c3n2)cc1. The van der Waals surface area contributed by atoms with E-state index in [0.717, 1.165) is 21.8 Å². The average Bonchev–Trinajstić information content (AvgIpc) is 3.06. The monoisotopic (exact) mass is 302 g/mol. The van der Waals surface area contributed by atoms with E-state index in [1.165, 1.54) is 16.9 Å². The molecule has 0 saturated heterocycles. The molecule has 0 aliphatic rings. The summed E-state index contributed by atoms with van der Waals surface area (Å²) in [4.78, 5) is 23.0. The number of carbonyl (C=O) groups is 1. The van der Waals surface area contributed by atoms with Crippen molar-refractivity contribution in [1.82, 2.24) is 15.0 Å². The van der Waals surface area contributed by atoms with Crippen molar-refractivity contribution >= 4 is 27.7 Å². The Bertz CT molecular complexity index is 1050. The van der Waals surface area contributed by atoms with Gasteiger partial charge in [0.25, 0.3) is 0 Å². The Balaban J connectivity index is 1.84. The number of carbonyl (C=O) groups excluding carboxylic acids is 1. The molecule has 1 amide bonds. The normalized spacial score (nSPS) is 11.0. The fourth-order valence-electron chi connectivity index (χ4n) is 2.55. The lowest BCUT2D eigenvalue weighted by atomic mass is 10.1.